The van der Waals surface area contributed by atoms with E-state index in [1.807, 2.05) is 30.5 Å². The van der Waals surface area contributed by atoms with E-state index in [2.05, 4.69) is 25.6 Å². The van der Waals surface area contributed by atoms with Gasteiger partial charge in [-0.2, -0.15) is 0 Å². The molecule has 0 spiro atoms. The molecule has 6 nitrogen and oxygen atoms in total. The van der Waals surface area contributed by atoms with Crippen LogP contribution in [0.25, 0.3) is 0 Å². The van der Waals surface area contributed by atoms with Crippen molar-refractivity contribution in [3.63, 3.8) is 0 Å². The van der Waals surface area contributed by atoms with E-state index >= 15 is 0 Å². The van der Waals surface area contributed by atoms with Crippen LogP contribution < -0.4 is 10.6 Å². The highest BCUT2D eigenvalue weighted by Crippen LogP contribution is 2.14. The summed E-state index contributed by atoms with van der Waals surface area (Å²) in [5, 5.41) is 6.71. The van der Waals surface area contributed by atoms with Gasteiger partial charge in [-0.05, 0) is 25.0 Å². The van der Waals surface area contributed by atoms with E-state index in [0.717, 1.165) is 56.4 Å². The fourth-order valence-corrected chi connectivity index (χ4v) is 2.46. The highest BCUT2D eigenvalue weighted by atomic mass is 16.5. The zero-order valence-electron chi connectivity index (χ0n) is 12.5. The van der Waals surface area contributed by atoms with Crippen molar-refractivity contribution in [1.82, 2.24) is 15.0 Å². The molecule has 6 heteroatoms. The predicted molar refractivity (Wildman–Crippen MR) is 85.9 cm³/mol. The molecule has 0 unspecified atom stereocenters. The first-order chi connectivity index (χ1) is 10.9. The molecule has 0 amide bonds. The van der Waals surface area contributed by atoms with Gasteiger partial charge in [-0.15, -0.1) is 0 Å². The maximum atomic E-state index is 5.47. The second-order valence-corrected chi connectivity index (χ2v) is 5.34. The summed E-state index contributed by atoms with van der Waals surface area (Å²) in [7, 11) is 0. The van der Waals surface area contributed by atoms with E-state index in [9.17, 15) is 0 Å². The minimum absolute atomic E-state index is 0.338. The molecule has 0 radical (unpaired) electrons. The van der Waals surface area contributed by atoms with Crippen LogP contribution in [0.3, 0.4) is 0 Å². The zero-order valence-corrected chi connectivity index (χ0v) is 12.5. The van der Waals surface area contributed by atoms with E-state index in [1.165, 1.54) is 0 Å². The molecule has 2 N–H and O–H groups in total. The number of hydrogen-bond donors (Lipinski definition) is 2. The number of nitrogens with one attached hydrogen (secondary N) is 2. The molecular formula is C16H21N5O. The third-order valence-electron chi connectivity index (χ3n) is 3.59. The molecule has 0 saturated carbocycles. The van der Waals surface area contributed by atoms with Crippen LogP contribution >= 0.6 is 0 Å². The minimum atomic E-state index is 0.338. The molecule has 0 aliphatic carbocycles. The van der Waals surface area contributed by atoms with Crippen LogP contribution in [0.4, 0.5) is 11.6 Å². The largest absolute Gasteiger partial charge is 0.379 e. The van der Waals surface area contributed by atoms with Gasteiger partial charge >= 0.3 is 0 Å². The van der Waals surface area contributed by atoms with Crippen molar-refractivity contribution in [3.8, 4) is 0 Å². The topological polar surface area (TPSA) is 72.0 Å². The first kappa shape index (κ1) is 14.7. The lowest BCUT2D eigenvalue weighted by atomic mass is 10.1. The summed E-state index contributed by atoms with van der Waals surface area (Å²) >= 11 is 0. The normalized spacial score (nSPS) is 17.9. The van der Waals surface area contributed by atoms with Crippen molar-refractivity contribution < 1.29 is 4.74 Å². The van der Waals surface area contributed by atoms with Crippen molar-refractivity contribution >= 4 is 11.6 Å². The molecule has 3 rings (SSSR count). The van der Waals surface area contributed by atoms with Crippen molar-refractivity contribution in [2.24, 2.45) is 0 Å². The molecule has 0 bridgehead atoms. The Kier molecular flexibility index (Phi) is 5.15. The number of rotatable bonds is 6. The molecule has 1 fully saturated rings. The summed E-state index contributed by atoms with van der Waals surface area (Å²) in [6.07, 6.45) is 6.47. The van der Waals surface area contributed by atoms with Crippen LogP contribution in [0.5, 0.6) is 0 Å². The number of anilines is 2. The Morgan fingerprint density at radius 2 is 2.14 bits per heavy atom. The Morgan fingerprint density at radius 3 is 2.95 bits per heavy atom. The lowest BCUT2D eigenvalue weighted by Crippen LogP contribution is -2.30. The maximum Gasteiger partial charge on any atom is 0.131 e. The van der Waals surface area contributed by atoms with E-state index in [1.54, 1.807) is 6.33 Å². The van der Waals surface area contributed by atoms with Crippen LogP contribution in [-0.4, -0.2) is 40.8 Å². The van der Waals surface area contributed by atoms with Gasteiger partial charge in [0.15, 0.2) is 0 Å². The van der Waals surface area contributed by atoms with Gasteiger partial charge in [0.1, 0.15) is 18.0 Å². The van der Waals surface area contributed by atoms with Gasteiger partial charge in [-0.1, -0.05) is 6.07 Å². The van der Waals surface area contributed by atoms with Gasteiger partial charge in [0.2, 0.25) is 0 Å². The second-order valence-electron chi connectivity index (χ2n) is 5.34. The molecule has 2 aromatic rings. The highest BCUT2D eigenvalue weighted by Gasteiger charge is 2.14. The predicted octanol–water partition coefficient (Wildman–Crippen LogP) is 2.12. The van der Waals surface area contributed by atoms with Crippen molar-refractivity contribution in [2.75, 3.05) is 30.4 Å². The number of aromatic nitrogens is 3. The summed E-state index contributed by atoms with van der Waals surface area (Å²) in [5.74, 6) is 1.66. The molecular weight excluding hydrogens is 278 g/mol. The molecule has 1 aliphatic heterocycles. The molecule has 3 heterocycles. The van der Waals surface area contributed by atoms with Gasteiger partial charge in [0.25, 0.3) is 0 Å². The summed E-state index contributed by atoms with van der Waals surface area (Å²) in [5.41, 5.74) is 1.07. The third kappa shape index (κ3) is 4.39. The third-order valence-corrected chi connectivity index (χ3v) is 3.59. The van der Waals surface area contributed by atoms with Crippen molar-refractivity contribution in [1.29, 1.82) is 0 Å². The van der Waals surface area contributed by atoms with E-state index in [-0.39, 0.29) is 0 Å². The average Bonchev–Trinajstić information content (AvgIpc) is 2.57. The van der Waals surface area contributed by atoms with Crippen LogP contribution in [0.2, 0.25) is 0 Å². The second kappa shape index (κ2) is 7.70. The Hall–Kier alpha value is -2.21. The van der Waals surface area contributed by atoms with E-state index in [4.69, 9.17) is 4.74 Å². The van der Waals surface area contributed by atoms with E-state index < -0.39 is 0 Å². The molecule has 1 aliphatic rings. The Bertz CT molecular complexity index is 572. The van der Waals surface area contributed by atoms with Gasteiger partial charge in [0.05, 0.1) is 12.6 Å². The number of nitrogens with zero attached hydrogens (tertiary/aromatic N) is 3. The van der Waals surface area contributed by atoms with E-state index in [0.29, 0.717) is 6.04 Å². The van der Waals surface area contributed by atoms with Gasteiger partial charge in [-0.3, -0.25) is 4.98 Å². The Labute approximate surface area is 130 Å². The van der Waals surface area contributed by atoms with Crippen LogP contribution in [0, 0.1) is 0 Å². The van der Waals surface area contributed by atoms with Crippen molar-refractivity contribution in [3.05, 3.63) is 42.5 Å². The quantitative estimate of drug-likeness (QED) is 0.851. The maximum absolute atomic E-state index is 5.47. The van der Waals surface area contributed by atoms with Crippen molar-refractivity contribution in [2.45, 2.75) is 25.3 Å². The van der Waals surface area contributed by atoms with Gasteiger partial charge < -0.3 is 15.4 Å². The Balaban J connectivity index is 1.50. The number of pyridine rings is 1. The minimum Gasteiger partial charge on any atom is -0.379 e. The monoisotopic (exact) mass is 299 g/mol. The number of hydrogen-bond acceptors (Lipinski definition) is 6. The molecule has 1 atom stereocenters. The highest BCUT2D eigenvalue weighted by molar-refractivity contribution is 5.47. The fraction of sp³-hybridized carbons (Fsp3) is 0.438. The fourth-order valence-electron chi connectivity index (χ4n) is 2.46. The summed E-state index contributed by atoms with van der Waals surface area (Å²) in [6.45, 7) is 2.40. The molecule has 1 saturated heterocycles. The molecule has 0 aromatic carbocycles. The molecule has 116 valence electrons. The summed E-state index contributed by atoms with van der Waals surface area (Å²) < 4.78 is 5.47. The van der Waals surface area contributed by atoms with Crippen LogP contribution in [0.15, 0.2) is 36.8 Å². The first-order valence-electron chi connectivity index (χ1n) is 7.70. The number of ether oxygens (including phenoxy) is 1. The first-order valence-corrected chi connectivity index (χ1v) is 7.70. The van der Waals surface area contributed by atoms with Crippen LogP contribution in [-0.2, 0) is 11.2 Å². The molecule has 2 aromatic heterocycles. The standard InChI is InChI=1S/C16H21N5O/c1-2-7-17-13(4-1)6-8-18-15-10-16(20-12-19-15)21-14-5-3-9-22-11-14/h1-2,4,7,10,12,14H,3,5-6,8-9,11H2,(H2,18,19,20,21)/t14-/m0/s1. The Morgan fingerprint density at radius 1 is 1.18 bits per heavy atom. The lowest BCUT2D eigenvalue weighted by molar-refractivity contribution is 0.0875. The summed E-state index contributed by atoms with van der Waals surface area (Å²) in [6, 6.07) is 8.23. The molecule has 22 heavy (non-hydrogen) atoms. The van der Waals surface area contributed by atoms with Crippen LogP contribution in [0.1, 0.15) is 18.5 Å². The van der Waals surface area contributed by atoms with Gasteiger partial charge in [0, 0.05) is 37.5 Å². The lowest BCUT2D eigenvalue weighted by Gasteiger charge is -2.23. The SMILES string of the molecule is c1ccc(CCNc2cc(N[C@H]3CCCOC3)ncn2)nc1. The zero-order chi connectivity index (χ0) is 15.0. The smallest absolute Gasteiger partial charge is 0.131 e. The van der Waals surface area contributed by atoms with Gasteiger partial charge in [-0.25, -0.2) is 9.97 Å². The average molecular weight is 299 g/mol. The summed E-state index contributed by atoms with van der Waals surface area (Å²) in [4.78, 5) is 12.8.